The molecule has 0 aliphatic heterocycles. The first-order valence-electron chi connectivity index (χ1n) is 5.51. The van der Waals surface area contributed by atoms with E-state index in [1.807, 2.05) is 0 Å². The predicted molar refractivity (Wildman–Crippen MR) is 71.0 cm³/mol. The third-order valence-electron chi connectivity index (χ3n) is 2.56. The number of halogens is 2. The molecule has 1 aromatic carbocycles. The number of hydrogen-bond donors (Lipinski definition) is 3. The number of H-pyrrole nitrogens is 1. The van der Waals surface area contributed by atoms with E-state index in [0.29, 0.717) is 11.6 Å². The quantitative estimate of drug-likeness (QED) is 0.765. The van der Waals surface area contributed by atoms with Crippen LogP contribution in [0, 0.1) is 5.82 Å². The van der Waals surface area contributed by atoms with Crippen LogP contribution in [0.5, 0.6) is 0 Å². The lowest BCUT2D eigenvalue weighted by molar-refractivity contribution is 0.0696. The van der Waals surface area contributed by atoms with Crippen molar-refractivity contribution in [3.05, 3.63) is 46.5 Å². The molecule has 0 unspecified atom stereocenters. The highest BCUT2D eigenvalue weighted by Gasteiger charge is 2.21. The van der Waals surface area contributed by atoms with E-state index in [0.717, 1.165) is 6.07 Å². The van der Waals surface area contributed by atoms with Crippen LogP contribution in [-0.2, 0) is 16.6 Å². The van der Waals surface area contributed by atoms with E-state index in [-0.39, 0.29) is 6.54 Å². The maximum Gasteiger partial charge on any atom is 0.337 e. The molecule has 2 rings (SSSR count). The van der Waals surface area contributed by atoms with Crippen LogP contribution in [0.25, 0.3) is 0 Å². The fourth-order valence-corrected chi connectivity index (χ4v) is 2.76. The molecule has 0 fully saturated rings. The van der Waals surface area contributed by atoms with Crippen LogP contribution < -0.4 is 4.72 Å². The molecule has 0 aliphatic rings. The van der Waals surface area contributed by atoms with Crippen LogP contribution >= 0.6 is 11.6 Å². The van der Waals surface area contributed by atoms with E-state index < -0.39 is 37.3 Å². The molecule has 1 heterocycles. The van der Waals surface area contributed by atoms with Gasteiger partial charge in [-0.05, 0) is 12.1 Å². The molecular formula is C11H9ClFN3O4S. The molecule has 0 aliphatic carbocycles. The van der Waals surface area contributed by atoms with Crippen molar-refractivity contribution >= 4 is 27.6 Å². The number of hydrogen-bond acceptors (Lipinski definition) is 4. The highest BCUT2D eigenvalue weighted by atomic mass is 35.5. The summed E-state index contributed by atoms with van der Waals surface area (Å²) in [6.45, 7) is -0.0779. The lowest BCUT2D eigenvalue weighted by Gasteiger charge is -2.08. The molecule has 0 saturated heterocycles. The molecule has 0 saturated carbocycles. The standard InChI is InChI=1S/C11H9ClFN3O4S/c12-10-8(11(17)18)1-7(2-9(10)13)21(19,20)16-5-6-3-14-15-4-6/h1-4,16H,5H2,(H,14,15)(H,17,18). The number of nitrogens with one attached hydrogen (secondary N) is 2. The summed E-state index contributed by atoms with van der Waals surface area (Å²) in [6, 6.07) is 1.46. The Morgan fingerprint density at radius 1 is 1.48 bits per heavy atom. The van der Waals surface area contributed by atoms with Gasteiger partial charge in [-0.2, -0.15) is 5.10 Å². The van der Waals surface area contributed by atoms with Crippen LogP contribution in [0.15, 0.2) is 29.4 Å². The predicted octanol–water partition coefficient (Wildman–Crippen LogP) is 1.38. The Morgan fingerprint density at radius 3 is 2.76 bits per heavy atom. The van der Waals surface area contributed by atoms with Gasteiger partial charge in [0.05, 0.1) is 21.7 Å². The van der Waals surface area contributed by atoms with Crippen molar-refractivity contribution in [3.8, 4) is 0 Å². The molecule has 0 atom stereocenters. The molecule has 0 bridgehead atoms. The van der Waals surface area contributed by atoms with Crippen LogP contribution in [0.1, 0.15) is 15.9 Å². The Hall–Kier alpha value is -1.97. The third kappa shape index (κ3) is 3.38. The maximum absolute atomic E-state index is 13.5. The zero-order valence-corrected chi connectivity index (χ0v) is 11.9. The minimum absolute atomic E-state index is 0.0779. The molecule has 0 amide bonds. The zero-order valence-electron chi connectivity index (χ0n) is 10.3. The average Bonchev–Trinajstić information content (AvgIpc) is 2.92. The molecule has 1 aromatic heterocycles. The fourth-order valence-electron chi connectivity index (χ4n) is 1.51. The van der Waals surface area contributed by atoms with E-state index in [1.165, 1.54) is 12.4 Å². The van der Waals surface area contributed by atoms with E-state index >= 15 is 0 Å². The Kier molecular flexibility index (Phi) is 4.26. The first-order chi connectivity index (χ1) is 9.81. The maximum atomic E-state index is 13.5. The molecule has 3 N–H and O–H groups in total. The van der Waals surface area contributed by atoms with Crippen LogP contribution in [-0.4, -0.2) is 29.7 Å². The minimum Gasteiger partial charge on any atom is -0.478 e. The topological polar surface area (TPSA) is 112 Å². The van der Waals surface area contributed by atoms with Crippen molar-refractivity contribution in [1.82, 2.24) is 14.9 Å². The number of aromatic amines is 1. The number of carboxylic acid groups (broad SMARTS) is 1. The summed E-state index contributed by atoms with van der Waals surface area (Å²) in [7, 11) is -4.09. The monoisotopic (exact) mass is 333 g/mol. The molecule has 0 radical (unpaired) electrons. The van der Waals surface area contributed by atoms with Gasteiger partial charge in [-0.3, -0.25) is 5.10 Å². The van der Waals surface area contributed by atoms with Gasteiger partial charge in [-0.25, -0.2) is 22.3 Å². The summed E-state index contributed by atoms with van der Waals surface area (Å²) in [4.78, 5) is 10.4. The summed E-state index contributed by atoms with van der Waals surface area (Å²) in [6.07, 6.45) is 2.89. The van der Waals surface area contributed by atoms with Crippen molar-refractivity contribution < 1.29 is 22.7 Å². The fraction of sp³-hybridized carbons (Fsp3) is 0.0909. The highest BCUT2D eigenvalue weighted by molar-refractivity contribution is 7.89. The second-order valence-electron chi connectivity index (χ2n) is 4.00. The number of carboxylic acids is 1. The Balaban J connectivity index is 2.33. The van der Waals surface area contributed by atoms with Gasteiger partial charge in [-0.15, -0.1) is 0 Å². The number of aromatic carboxylic acids is 1. The van der Waals surface area contributed by atoms with Crippen LogP contribution in [0.2, 0.25) is 5.02 Å². The van der Waals surface area contributed by atoms with Crippen molar-refractivity contribution in [2.24, 2.45) is 0 Å². The number of rotatable bonds is 5. The Labute approximate surface area is 123 Å². The van der Waals surface area contributed by atoms with Gasteiger partial charge in [0.15, 0.2) is 0 Å². The van der Waals surface area contributed by atoms with Crippen molar-refractivity contribution in [2.75, 3.05) is 0 Å². The summed E-state index contributed by atoms with van der Waals surface area (Å²) in [5.41, 5.74) is -0.0631. The molecular weight excluding hydrogens is 325 g/mol. The highest BCUT2D eigenvalue weighted by Crippen LogP contribution is 2.24. The van der Waals surface area contributed by atoms with Crippen LogP contribution in [0.3, 0.4) is 0 Å². The van der Waals surface area contributed by atoms with Crippen molar-refractivity contribution in [1.29, 1.82) is 0 Å². The third-order valence-corrected chi connectivity index (χ3v) is 4.33. The van der Waals surface area contributed by atoms with Gasteiger partial charge in [0.2, 0.25) is 10.0 Å². The van der Waals surface area contributed by atoms with E-state index in [1.54, 1.807) is 0 Å². The first-order valence-corrected chi connectivity index (χ1v) is 7.37. The van der Waals surface area contributed by atoms with Gasteiger partial charge in [0, 0.05) is 18.3 Å². The van der Waals surface area contributed by atoms with E-state index in [4.69, 9.17) is 16.7 Å². The summed E-state index contributed by atoms with van der Waals surface area (Å²) in [5.74, 6) is -2.65. The first kappa shape index (κ1) is 15.4. The molecule has 112 valence electrons. The van der Waals surface area contributed by atoms with Gasteiger partial charge in [0.25, 0.3) is 0 Å². The number of aromatic nitrogens is 2. The zero-order chi connectivity index (χ0) is 15.6. The lowest BCUT2D eigenvalue weighted by Crippen LogP contribution is -2.23. The van der Waals surface area contributed by atoms with Gasteiger partial charge < -0.3 is 5.11 Å². The smallest absolute Gasteiger partial charge is 0.337 e. The normalized spacial score (nSPS) is 11.5. The number of carbonyl (C=O) groups is 1. The minimum atomic E-state index is -4.09. The van der Waals surface area contributed by atoms with Crippen molar-refractivity contribution in [2.45, 2.75) is 11.4 Å². The molecule has 21 heavy (non-hydrogen) atoms. The lowest BCUT2D eigenvalue weighted by atomic mass is 10.2. The Morgan fingerprint density at radius 2 is 2.19 bits per heavy atom. The molecule has 10 heteroatoms. The number of nitrogens with zero attached hydrogens (tertiary/aromatic N) is 1. The SMILES string of the molecule is O=C(O)c1cc(S(=O)(=O)NCc2cn[nH]c2)cc(F)c1Cl. The summed E-state index contributed by atoms with van der Waals surface area (Å²) < 4.78 is 39.8. The molecule has 2 aromatic rings. The average molecular weight is 334 g/mol. The number of benzene rings is 1. The van der Waals surface area contributed by atoms with Crippen molar-refractivity contribution in [3.63, 3.8) is 0 Å². The Bertz CT molecular complexity index is 777. The second kappa shape index (κ2) is 5.80. The number of sulfonamides is 1. The van der Waals surface area contributed by atoms with Gasteiger partial charge in [0.1, 0.15) is 5.82 Å². The van der Waals surface area contributed by atoms with Gasteiger partial charge in [-0.1, -0.05) is 11.6 Å². The molecule has 0 spiro atoms. The van der Waals surface area contributed by atoms with Gasteiger partial charge >= 0.3 is 5.97 Å². The van der Waals surface area contributed by atoms with Crippen LogP contribution in [0.4, 0.5) is 4.39 Å². The van der Waals surface area contributed by atoms with E-state index in [2.05, 4.69) is 14.9 Å². The second-order valence-corrected chi connectivity index (χ2v) is 6.15. The van der Waals surface area contributed by atoms with E-state index in [9.17, 15) is 17.6 Å². The summed E-state index contributed by atoms with van der Waals surface area (Å²) >= 11 is 5.49. The largest absolute Gasteiger partial charge is 0.478 e. The molecule has 7 nitrogen and oxygen atoms in total. The summed E-state index contributed by atoms with van der Waals surface area (Å²) in [5, 5.41) is 14.4.